The number of fused-ring (bicyclic) bond motifs is 1. The summed E-state index contributed by atoms with van der Waals surface area (Å²) >= 11 is 6.65. The van der Waals surface area contributed by atoms with Crippen molar-refractivity contribution in [3.63, 3.8) is 0 Å². The van der Waals surface area contributed by atoms with Gasteiger partial charge in [0.1, 0.15) is 6.04 Å². The molecule has 0 saturated carbocycles. The molecule has 2 heterocycles. The Hall–Kier alpha value is -3.19. The van der Waals surface area contributed by atoms with E-state index >= 15 is 0 Å². The Morgan fingerprint density at radius 1 is 0.939 bits per heavy atom. The number of amides is 1. The minimum Gasteiger partial charge on any atom is -0.462 e. The van der Waals surface area contributed by atoms with Gasteiger partial charge in [-0.15, -0.1) is 0 Å². The molecule has 7 heteroatoms. The summed E-state index contributed by atoms with van der Waals surface area (Å²) in [6.07, 6.45) is 0. The molecule has 0 aliphatic carbocycles. The van der Waals surface area contributed by atoms with Crippen molar-refractivity contribution < 1.29 is 14.3 Å². The molecule has 2 N–H and O–H groups in total. The first-order valence-electron chi connectivity index (χ1n) is 11.0. The van der Waals surface area contributed by atoms with Crippen molar-refractivity contribution in [2.75, 3.05) is 11.5 Å². The zero-order valence-electron chi connectivity index (χ0n) is 18.1. The van der Waals surface area contributed by atoms with Gasteiger partial charge >= 0.3 is 5.97 Å². The van der Waals surface area contributed by atoms with Crippen LogP contribution < -0.4 is 15.8 Å². The van der Waals surface area contributed by atoms with Crippen LogP contribution in [-0.4, -0.2) is 24.5 Å². The second-order valence-corrected chi connectivity index (χ2v) is 8.58. The molecule has 6 nitrogen and oxygen atoms in total. The predicted octanol–water partition coefficient (Wildman–Crippen LogP) is 4.44. The van der Waals surface area contributed by atoms with Crippen LogP contribution in [0.2, 0.25) is 5.02 Å². The average Bonchev–Trinajstić information content (AvgIpc) is 3.39. The summed E-state index contributed by atoms with van der Waals surface area (Å²) < 4.78 is 5.09. The topological polar surface area (TPSA) is 70.7 Å². The van der Waals surface area contributed by atoms with Crippen molar-refractivity contribution in [2.24, 2.45) is 5.92 Å². The fourth-order valence-electron chi connectivity index (χ4n) is 4.90. The van der Waals surface area contributed by atoms with Gasteiger partial charge in [0.05, 0.1) is 24.3 Å². The van der Waals surface area contributed by atoms with Crippen LogP contribution in [0.4, 0.5) is 5.69 Å². The zero-order chi connectivity index (χ0) is 22.9. The Morgan fingerprint density at radius 3 is 2.30 bits per heavy atom. The molecular weight excluding hydrogens is 438 g/mol. The van der Waals surface area contributed by atoms with Gasteiger partial charge in [-0.25, -0.2) is 15.6 Å². The third-order valence-corrected chi connectivity index (χ3v) is 6.69. The van der Waals surface area contributed by atoms with E-state index < -0.39 is 6.04 Å². The van der Waals surface area contributed by atoms with Crippen molar-refractivity contribution in [3.8, 4) is 0 Å². The first-order valence-corrected chi connectivity index (χ1v) is 11.4. The molecular formula is C26H24ClN3O3. The van der Waals surface area contributed by atoms with E-state index in [1.165, 1.54) is 0 Å². The molecule has 3 aromatic rings. The van der Waals surface area contributed by atoms with Crippen molar-refractivity contribution in [2.45, 2.75) is 25.0 Å². The number of ether oxygens (including phenoxy) is 1. The Labute approximate surface area is 197 Å². The molecule has 1 amide bonds. The number of benzene rings is 3. The lowest BCUT2D eigenvalue weighted by Crippen LogP contribution is -2.41. The quantitative estimate of drug-likeness (QED) is 0.550. The van der Waals surface area contributed by atoms with Gasteiger partial charge in [0.25, 0.3) is 0 Å². The monoisotopic (exact) mass is 461 g/mol. The largest absolute Gasteiger partial charge is 0.462 e. The lowest BCUT2D eigenvalue weighted by Gasteiger charge is -2.32. The molecule has 2 fully saturated rings. The maximum atomic E-state index is 13.7. The lowest BCUT2D eigenvalue weighted by atomic mass is 9.83. The number of hydrogen-bond acceptors (Lipinski definition) is 5. The van der Waals surface area contributed by atoms with Crippen molar-refractivity contribution >= 4 is 29.2 Å². The van der Waals surface area contributed by atoms with Crippen molar-refractivity contribution in [1.82, 2.24) is 10.9 Å². The van der Waals surface area contributed by atoms with Gasteiger partial charge in [0.15, 0.2) is 0 Å². The third kappa shape index (κ3) is 3.80. The minimum absolute atomic E-state index is 0.0419. The normalized spacial score (nSPS) is 24.1. The van der Waals surface area contributed by atoms with E-state index in [9.17, 15) is 9.59 Å². The fourth-order valence-corrected chi connectivity index (χ4v) is 5.15. The van der Waals surface area contributed by atoms with Crippen LogP contribution in [0.3, 0.4) is 0 Å². The van der Waals surface area contributed by atoms with Crippen LogP contribution >= 0.6 is 11.6 Å². The highest BCUT2D eigenvalue weighted by Gasteiger charge is 2.56. The summed E-state index contributed by atoms with van der Waals surface area (Å²) in [7, 11) is 0. The molecule has 33 heavy (non-hydrogen) atoms. The first kappa shape index (κ1) is 21.6. The predicted molar refractivity (Wildman–Crippen MR) is 127 cm³/mol. The number of rotatable bonds is 5. The highest BCUT2D eigenvalue weighted by atomic mass is 35.5. The summed E-state index contributed by atoms with van der Waals surface area (Å²) in [5.41, 5.74) is 9.70. The van der Waals surface area contributed by atoms with Gasteiger partial charge in [-0.2, -0.15) is 0 Å². The Morgan fingerprint density at radius 2 is 1.61 bits per heavy atom. The Balaban J connectivity index is 1.58. The maximum absolute atomic E-state index is 13.7. The summed E-state index contributed by atoms with van der Waals surface area (Å²) in [6, 6.07) is 23.9. The molecule has 0 spiro atoms. The number of halogens is 1. The highest BCUT2D eigenvalue weighted by Crippen LogP contribution is 2.50. The van der Waals surface area contributed by atoms with Crippen LogP contribution in [0.5, 0.6) is 0 Å². The number of carbonyl (C=O) groups excluding carboxylic acids is 2. The highest BCUT2D eigenvalue weighted by molar-refractivity contribution is 6.31. The summed E-state index contributed by atoms with van der Waals surface area (Å²) in [5, 5.41) is 0.614. The molecule has 0 bridgehead atoms. The maximum Gasteiger partial charge on any atom is 0.338 e. The summed E-state index contributed by atoms with van der Waals surface area (Å²) in [5.74, 6) is -0.518. The summed E-state index contributed by atoms with van der Waals surface area (Å²) in [6.45, 7) is 2.08. The van der Waals surface area contributed by atoms with E-state index in [1.54, 1.807) is 36.1 Å². The van der Waals surface area contributed by atoms with Gasteiger partial charge < -0.3 is 9.64 Å². The van der Waals surface area contributed by atoms with E-state index in [-0.39, 0.29) is 29.9 Å². The number of nitrogens with zero attached hydrogens (tertiary/aromatic N) is 1. The fraction of sp³-hybridized carbons (Fsp3) is 0.231. The first-order chi connectivity index (χ1) is 16.1. The molecule has 2 aliphatic rings. The molecule has 3 aromatic carbocycles. The van der Waals surface area contributed by atoms with Gasteiger partial charge in [-0.1, -0.05) is 60.1 Å². The number of carbonyl (C=O) groups is 2. The van der Waals surface area contributed by atoms with E-state index in [2.05, 4.69) is 23.0 Å². The van der Waals surface area contributed by atoms with Crippen LogP contribution in [0, 0.1) is 5.92 Å². The van der Waals surface area contributed by atoms with Crippen LogP contribution in [0.1, 0.15) is 40.5 Å². The summed E-state index contributed by atoms with van der Waals surface area (Å²) in [4.78, 5) is 27.6. The zero-order valence-corrected chi connectivity index (χ0v) is 18.8. The molecule has 0 aromatic heterocycles. The van der Waals surface area contributed by atoms with Crippen LogP contribution in [0.25, 0.3) is 0 Å². The number of esters is 1. The molecule has 5 rings (SSSR count). The number of anilines is 1. The molecule has 2 aliphatic heterocycles. The number of hydrogen-bond donors (Lipinski definition) is 2. The Bertz CT molecular complexity index is 1170. The van der Waals surface area contributed by atoms with Crippen molar-refractivity contribution in [1.29, 1.82) is 0 Å². The molecule has 2 saturated heterocycles. The molecule has 168 valence electrons. The van der Waals surface area contributed by atoms with Gasteiger partial charge in [0.2, 0.25) is 5.91 Å². The van der Waals surface area contributed by atoms with Crippen LogP contribution in [0.15, 0.2) is 78.9 Å². The standard InChI is InChI=1S/C26H24ClN3O3/c1-2-33-26(32)17-12-14-18(15-13-17)30-24(19-10-6-7-11-20(19)27)21-22(16-8-4-3-5-9-16)28-29-23(21)25(30)31/h3-15,21-24,28-29H,2H2,1H3. The molecule has 4 atom stereocenters. The van der Waals surface area contributed by atoms with Gasteiger partial charge in [0, 0.05) is 16.6 Å². The van der Waals surface area contributed by atoms with Crippen LogP contribution in [-0.2, 0) is 9.53 Å². The van der Waals surface area contributed by atoms with E-state index in [0.29, 0.717) is 22.9 Å². The molecule has 4 unspecified atom stereocenters. The van der Waals surface area contributed by atoms with Gasteiger partial charge in [-0.05, 0) is 48.4 Å². The molecule has 0 radical (unpaired) electrons. The number of hydrazine groups is 1. The lowest BCUT2D eigenvalue weighted by molar-refractivity contribution is -0.119. The SMILES string of the molecule is CCOC(=O)c1ccc(N2C(=O)C3NNC(c4ccccc4)C3C2c2ccccc2Cl)cc1. The van der Waals surface area contributed by atoms with E-state index in [4.69, 9.17) is 16.3 Å². The van der Waals surface area contributed by atoms with E-state index in [1.807, 2.05) is 42.5 Å². The Kier molecular flexibility index (Phi) is 5.89. The van der Waals surface area contributed by atoms with Crippen molar-refractivity contribution in [3.05, 3.63) is 101 Å². The smallest absolute Gasteiger partial charge is 0.338 e. The van der Waals surface area contributed by atoms with Gasteiger partial charge in [-0.3, -0.25) is 4.79 Å². The minimum atomic E-state index is -0.416. The second kappa shape index (κ2) is 8.98. The average molecular weight is 462 g/mol. The van der Waals surface area contributed by atoms with E-state index in [0.717, 1.165) is 11.1 Å². The number of nitrogens with one attached hydrogen (secondary N) is 2. The third-order valence-electron chi connectivity index (χ3n) is 6.35. The second-order valence-electron chi connectivity index (χ2n) is 8.17.